The molecule has 4 amide bonds. The highest BCUT2D eigenvalue weighted by molar-refractivity contribution is 8.77. The number of amides is 4. The van der Waals surface area contributed by atoms with E-state index in [2.05, 4.69) is 77.0 Å². The number of alkyl carbamates (subject to hydrolysis) is 1. The van der Waals surface area contributed by atoms with Gasteiger partial charge in [0.05, 0.1) is 32.0 Å². The first kappa shape index (κ1) is 49.5. The van der Waals surface area contributed by atoms with Crippen LogP contribution < -0.4 is 26.0 Å². The molecule has 3 rings (SSSR count). The quantitative estimate of drug-likeness (QED) is 0.0219. The van der Waals surface area contributed by atoms with Crippen molar-refractivity contribution in [1.29, 1.82) is 0 Å². The maximum Gasteiger partial charge on any atom is 0.407 e. The van der Waals surface area contributed by atoms with Gasteiger partial charge < -0.3 is 35.6 Å². The van der Waals surface area contributed by atoms with E-state index in [-0.39, 0.29) is 53.1 Å². The molecule has 0 aromatic heterocycles. The third-order valence-electron chi connectivity index (χ3n) is 9.58. The molecule has 1 aromatic rings. The number of fused-ring (bicyclic) bond motifs is 2. The molecule has 60 heavy (non-hydrogen) atoms. The summed E-state index contributed by atoms with van der Waals surface area (Å²) in [6.07, 6.45) is 10.9. The fraction of sp³-hybridized carbons (Fsp3) is 0.556. The summed E-state index contributed by atoms with van der Waals surface area (Å²) in [7, 11) is 4.65. The lowest BCUT2D eigenvalue weighted by atomic mass is 9.71. The summed E-state index contributed by atoms with van der Waals surface area (Å²) in [5.74, 6) is 12.9. The third-order valence-corrected chi connectivity index (χ3v) is 12.8. The lowest BCUT2D eigenvalue weighted by Crippen LogP contribution is -2.50. The average molecular weight is 864 g/mol. The van der Waals surface area contributed by atoms with E-state index >= 15 is 0 Å². The molecule has 1 saturated carbocycles. The van der Waals surface area contributed by atoms with Gasteiger partial charge in [-0.25, -0.2) is 4.79 Å². The number of rotatable bonds is 25. The second kappa shape index (κ2) is 27.8. The Labute approximate surface area is 363 Å². The molecular formula is C45H61N5O8S2. The van der Waals surface area contributed by atoms with Crippen molar-refractivity contribution in [3.8, 4) is 29.4 Å². The largest absolute Gasteiger partial charge is 0.494 e. The first-order valence-electron chi connectivity index (χ1n) is 20.6. The van der Waals surface area contributed by atoms with E-state index in [0.29, 0.717) is 82.0 Å². The Kier molecular flexibility index (Phi) is 22.9. The molecule has 13 nitrogen and oxygen atoms in total. The van der Waals surface area contributed by atoms with Gasteiger partial charge in [0.15, 0.2) is 5.78 Å². The summed E-state index contributed by atoms with van der Waals surface area (Å²) in [5.41, 5.74) is 2.55. The Morgan fingerprint density at radius 2 is 1.60 bits per heavy atom. The zero-order valence-electron chi connectivity index (χ0n) is 35.6. The smallest absolute Gasteiger partial charge is 0.407 e. The van der Waals surface area contributed by atoms with E-state index in [9.17, 15) is 24.0 Å². The molecule has 0 saturated heterocycles. The molecule has 1 aromatic carbocycles. The predicted octanol–water partition coefficient (Wildman–Crippen LogP) is 6.28. The van der Waals surface area contributed by atoms with Gasteiger partial charge >= 0.3 is 6.09 Å². The summed E-state index contributed by atoms with van der Waals surface area (Å²) in [4.78, 5) is 67.0. The summed E-state index contributed by atoms with van der Waals surface area (Å²) < 4.78 is 10.4. The van der Waals surface area contributed by atoms with Crippen LogP contribution in [-0.2, 0) is 28.8 Å². The van der Waals surface area contributed by atoms with Crippen LogP contribution >= 0.6 is 21.6 Å². The number of unbranched alkanes of at least 4 members (excludes halogenated alkanes) is 2. The van der Waals surface area contributed by atoms with Crippen molar-refractivity contribution in [2.45, 2.75) is 103 Å². The SMILES string of the molecule is CCCCCC(=O)NCCNC(=O)CCCOc1ccc(/C(C)=N\OCCNC(=O)CCC(C)(C)SSC/C=C2\C3C#C/C=C\C#CCC2C(NC(=O)OC)C(=O)C3)cc1. The molecule has 326 valence electrons. The van der Waals surface area contributed by atoms with Crippen molar-refractivity contribution in [3.63, 3.8) is 0 Å². The number of hydrogen-bond acceptors (Lipinski definition) is 11. The number of methoxy groups -OCH3 is 1. The third kappa shape index (κ3) is 19.5. The van der Waals surface area contributed by atoms with Crippen LogP contribution in [0.3, 0.4) is 0 Å². The number of hydrogen-bond donors (Lipinski definition) is 4. The number of carbonyl (C=O) groups is 5. The van der Waals surface area contributed by atoms with E-state index in [4.69, 9.17) is 14.3 Å². The lowest BCUT2D eigenvalue weighted by molar-refractivity contribution is -0.123. The minimum absolute atomic E-state index is 0.0209. The number of ether oxygens (including phenoxy) is 2. The van der Waals surface area contributed by atoms with Crippen LogP contribution in [0.5, 0.6) is 5.75 Å². The number of ketones is 1. The molecule has 0 heterocycles. The van der Waals surface area contributed by atoms with E-state index in [1.54, 1.807) is 33.7 Å². The standard InChI is InChI=1S/C45H61N5O8S2/c1-6-7-11-17-40(52)46-26-27-47-41(53)18-14-29-57-36-21-19-34(20-22-36)33(2)50-58-30-28-48-42(54)23-25-45(3,4)60-59-31-24-37-35-15-12-9-8-10-13-16-38(37)43(39(51)32-35)49-44(55)56-5/h8-9,19-22,24,35,38,43H,6-7,11,14,16-18,23,25-32H2,1-5H3,(H,46,52)(H,47,53)(H,48,54)(H,49,55)/b9-8-,37-24+,50-33-. The zero-order valence-corrected chi connectivity index (χ0v) is 37.2. The average Bonchev–Trinajstić information content (AvgIpc) is 3.23. The Morgan fingerprint density at radius 3 is 2.32 bits per heavy atom. The maximum absolute atomic E-state index is 13.0. The van der Waals surface area contributed by atoms with Gasteiger partial charge in [0.25, 0.3) is 0 Å². The van der Waals surface area contributed by atoms with Gasteiger partial charge in [-0.15, -0.1) is 0 Å². The second-order valence-electron chi connectivity index (χ2n) is 14.9. The van der Waals surface area contributed by atoms with Gasteiger partial charge in [0.1, 0.15) is 12.4 Å². The highest BCUT2D eigenvalue weighted by Gasteiger charge is 2.40. The summed E-state index contributed by atoms with van der Waals surface area (Å²) in [5, 5.41) is 15.4. The van der Waals surface area contributed by atoms with Gasteiger partial charge in [0.2, 0.25) is 17.7 Å². The molecule has 4 N–H and O–H groups in total. The van der Waals surface area contributed by atoms with Crippen LogP contribution in [0.2, 0.25) is 0 Å². The van der Waals surface area contributed by atoms with Gasteiger partial charge in [0, 0.05) is 67.5 Å². The Morgan fingerprint density at radius 1 is 0.917 bits per heavy atom. The molecule has 0 aliphatic heterocycles. The van der Waals surface area contributed by atoms with E-state index < -0.39 is 12.1 Å². The molecule has 1 fully saturated rings. The van der Waals surface area contributed by atoms with E-state index in [1.165, 1.54) is 7.11 Å². The number of Topliss-reactive ketones (excluding diaryl/α,β-unsaturated/α-hetero) is 1. The van der Waals surface area contributed by atoms with Crippen molar-refractivity contribution in [3.05, 3.63) is 53.6 Å². The van der Waals surface area contributed by atoms with Crippen molar-refractivity contribution in [2.75, 3.05) is 45.7 Å². The van der Waals surface area contributed by atoms with Crippen LogP contribution in [0.1, 0.15) is 97.5 Å². The van der Waals surface area contributed by atoms with Crippen molar-refractivity contribution >= 4 is 56.9 Å². The Hall–Kier alpha value is -4.86. The molecule has 2 bridgehead atoms. The van der Waals surface area contributed by atoms with E-state index in [0.717, 1.165) is 30.4 Å². The van der Waals surface area contributed by atoms with Crippen LogP contribution in [0.15, 0.2) is 53.2 Å². The van der Waals surface area contributed by atoms with Crippen LogP contribution in [-0.4, -0.2) is 91.8 Å². The summed E-state index contributed by atoms with van der Waals surface area (Å²) in [6, 6.07) is 6.72. The van der Waals surface area contributed by atoms with Crippen LogP contribution in [0, 0.1) is 35.5 Å². The molecule has 3 atom stereocenters. The monoisotopic (exact) mass is 863 g/mol. The summed E-state index contributed by atoms with van der Waals surface area (Å²) >= 11 is 0. The van der Waals surface area contributed by atoms with E-state index in [1.807, 2.05) is 31.2 Å². The van der Waals surface area contributed by atoms with Gasteiger partial charge in [-0.2, -0.15) is 0 Å². The number of allylic oxidation sites excluding steroid dienone is 2. The van der Waals surface area contributed by atoms with Crippen LogP contribution in [0.25, 0.3) is 0 Å². The number of oxime groups is 1. The fourth-order valence-corrected chi connectivity index (χ4v) is 8.69. The van der Waals surface area contributed by atoms with Gasteiger partial charge in [-0.3, -0.25) is 19.2 Å². The normalized spacial score (nSPS) is 18.4. The van der Waals surface area contributed by atoms with Crippen LogP contribution in [0.4, 0.5) is 4.79 Å². The number of carbonyl (C=O) groups excluding carboxylic acids is 5. The highest BCUT2D eigenvalue weighted by atomic mass is 33.1. The minimum atomic E-state index is -0.725. The number of benzene rings is 1. The Bertz CT molecular complexity index is 1810. The van der Waals surface area contributed by atoms with Gasteiger partial charge in [-0.05, 0) is 82.0 Å². The van der Waals surface area contributed by atoms with Crippen molar-refractivity contribution in [1.82, 2.24) is 21.3 Å². The first-order chi connectivity index (χ1) is 28.9. The molecule has 0 spiro atoms. The molecule has 2 aliphatic rings. The van der Waals surface area contributed by atoms with Crippen molar-refractivity contribution < 1.29 is 38.3 Å². The predicted molar refractivity (Wildman–Crippen MR) is 239 cm³/mol. The lowest BCUT2D eigenvalue weighted by Gasteiger charge is -2.35. The zero-order chi connectivity index (χ0) is 43.6. The number of nitrogens with one attached hydrogen (secondary N) is 4. The first-order valence-corrected chi connectivity index (χ1v) is 23.0. The maximum atomic E-state index is 13.0. The van der Waals surface area contributed by atoms with Gasteiger partial charge in [-0.1, -0.05) is 81.8 Å². The highest BCUT2D eigenvalue weighted by Crippen LogP contribution is 2.40. The second-order valence-corrected chi connectivity index (χ2v) is 18.0. The Balaban J connectivity index is 1.30. The molecule has 0 radical (unpaired) electrons. The summed E-state index contributed by atoms with van der Waals surface area (Å²) in [6.45, 7) is 9.93. The molecule has 15 heteroatoms. The fourth-order valence-electron chi connectivity index (χ4n) is 6.24. The molecule has 3 unspecified atom stereocenters. The minimum Gasteiger partial charge on any atom is -0.494 e. The molecular weight excluding hydrogens is 803 g/mol. The molecule has 2 aliphatic carbocycles. The van der Waals surface area contributed by atoms with Crippen molar-refractivity contribution in [2.24, 2.45) is 17.0 Å². The number of nitrogens with zero attached hydrogens (tertiary/aromatic N) is 1. The topological polar surface area (TPSA) is 174 Å².